The van der Waals surface area contributed by atoms with E-state index in [1.807, 2.05) is 0 Å². The van der Waals surface area contributed by atoms with Crippen molar-refractivity contribution in [3.63, 3.8) is 0 Å². The maximum Gasteiger partial charge on any atom is -0.00772 e. The van der Waals surface area contributed by atoms with Crippen LogP contribution in [0.1, 0.15) is 58.3 Å². The van der Waals surface area contributed by atoms with Crippen molar-refractivity contribution < 1.29 is 0 Å². The van der Waals surface area contributed by atoms with Crippen LogP contribution in [-0.2, 0) is 0 Å². The Balaban J connectivity index is 2.95. The van der Waals surface area contributed by atoms with Crippen molar-refractivity contribution in [2.24, 2.45) is 5.73 Å². The zero-order valence-corrected chi connectivity index (χ0v) is 9.10. The fourth-order valence-electron chi connectivity index (χ4n) is 1.33. The molecule has 0 aliphatic carbocycles. The second-order valence-electron chi connectivity index (χ2n) is 3.61. The molecule has 78 valence electrons. The van der Waals surface area contributed by atoms with Crippen molar-refractivity contribution in [1.29, 1.82) is 0 Å². The lowest BCUT2D eigenvalue weighted by atomic mass is 10.1. The first kappa shape index (κ1) is 12.7. The van der Waals surface area contributed by atoms with Crippen LogP contribution in [-0.4, -0.2) is 6.54 Å². The van der Waals surface area contributed by atoms with Gasteiger partial charge in [-0.2, -0.15) is 0 Å². The average Bonchev–Trinajstić information content (AvgIpc) is 2.16. The molecule has 0 bridgehead atoms. The van der Waals surface area contributed by atoms with Crippen LogP contribution in [0.15, 0.2) is 12.2 Å². The van der Waals surface area contributed by atoms with Gasteiger partial charge >= 0.3 is 0 Å². The minimum absolute atomic E-state index is 0.838. The Hall–Kier alpha value is -0.300. The quantitative estimate of drug-likeness (QED) is 0.428. The van der Waals surface area contributed by atoms with Gasteiger partial charge < -0.3 is 5.73 Å². The standard InChI is InChI=1S/C12H25N/c1-2-3-4-5-6-7-8-9-10-11-12-13/h7-8H,2-6,9-13H2,1H3/b8-7+. The molecular formula is C12H25N. The molecule has 0 aliphatic heterocycles. The van der Waals surface area contributed by atoms with Crippen molar-refractivity contribution in [1.82, 2.24) is 0 Å². The summed E-state index contributed by atoms with van der Waals surface area (Å²) < 4.78 is 0. The molecule has 0 atom stereocenters. The molecule has 0 saturated heterocycles. The van der Waals surface area contributed by atoms with E-state index in [4.69, 9.17) is 5.73 Å². The van der Waals surface area contributed by atoms with E-state index in [1.165, 1.54) is 51.4 Å². The zero-order chi connectivity index (χ0) is 9.78. The summed E-state index contributed by atoms with van der Waals surface area (Å²) in [5.41, 5.74) is 5.40. The summed E-state index contributed by atoms with van der Waals surface area (Å²) in [7, 11) is 0. The molecule has 2 N–H and O–H groups in total. The van der Waals surface area contributed by atoms with Crippen LogP contribution >= 0.6 is 0 Å². The predicted molar refractivity (Wildman–Crippen MR) is 60.8 cm³/mol. The van der Waals surface area contributed by atoms with Crippen LogP contribution in [0.3, 0.4) is 0 Å². The lowest BCUT2D eigenvalue weighted by Gasteiger charge is -1.94. The monoisotopic (exact) mass is 183 g/mol. The highest BCUT2D eigenvalue weighted by Gasteiger charge is 1.84. The van der Waals surface area contributed by atoms with E-state index in [2.05, 4.69) is 19.1 Å². The molecule has 0 spiro atoms. The molecule has 0 saturated carbocycles. The maximum atomic E-state index is 5.40. The Labute approximate surface area is 83.4 Å². The van der Waals surface area contributed by atoms with Gasteiger partial charge in [-0.1, -0.05) is 38.3 Å². The predicted octanol–water partition coefficient (Wildman–Crippen LogP) is 3.64. The van der Waals surface area contributed by atoms with E-state index in [1.54, 1.807) is 0 Å². The Morgan fingerprint density at radius 2 is 1.46 bits per heavy atom. The largest absolute Gasteiger partial charge is 0.330 e. The molecule has 0 aromatic rings. The first-order valence-electron chi connectivity index (χ1n) is 5.77. The zero-order valence-electron chi connectivity index (χ0n) is 9.10. The number of hydrogen-bond donors (Lipinski definition) is 1. The molecule has 0 aromatic carbocycles. The summed E-state index contributed by atoms with van der Waals surface area (Å²) in [6.45, 7) is 3.09. The molecule has 0 unspecified atom stereocenters. The highest BCUT2D eigenvalue weighted by molar-refractivity contribution is 4.81. The van der Waals surface area contributed by atoms with Crippen LogP contribution in [0.4, 0.5) is 0 Å². The van der Waals surface area contributed by atoms with Gasteiger partial charge in [0, 0.05) is 0 Å². The Kier molecular flexibility index (Phi) is 11.4. The van der Waals surface area contributed by atoms with E-state index in [-0.39, 0.29) is 0 Å². The van der Waals surface area contributed by atoms with Crippen LogP contribution in [0.5, 0.6) is 0 Å². The molecular weight excluding hydrogens is 158 g/mol. The second-order valence-corrected chi connectivity index (χ2v) is 3.61. The number of rotatable bonds is 9. The highest BCUT2D eigenvalue weighted by atomic mass is 14.5. The molecule has 1 nitrogen and oxygen atoms in total. The van der Waals surface area contributed by atoms with Crippen LogP contribution in [0.2, 0.25) is 0 Å². The van der Waals surface area contributed by atoms with Gasteiger partial charge in [0.2, 0.25) is 0 Å². The van der Waals surface area contributed by atoms with Gasteiger partial charge in [0.25, 0.3) is 0 Å². The van der Waals surface area contributed by atoms with Gasteiger partial charge in [0.1, 0.15) is 0 Å². The summed E-state index contributed by atoms with van der Waals surface area (Å²) >= 11 is 0. The molecule has 0 rings (SSSR count). The molecule has 0 aliphatic rings. The summed E-state index contributed by atoms with van der Waals surface area (Å²) in [4.78, 5) is 0. The number of unbranched alkanes of at least 4 members (excludes halogenated alkanes) is 6. The summed E-state index contributed by atoms with van der Waals surface area (Å²) in [6, 6.07) is 0. The first-order valence-corrected chi connectivity index (χ1v) is 5.77. The molecule has 0 heterocycles. The van der Waals surface area contributed by atoms with E-state index in [0.29, 0.717) is 0 Å². The Morgan fingerprint density at radius 3 is 2.00 bits per heavy atom. The van der Waals surface area contributed by atoms with Gasteiger partial charge in [-0.05, 0) is 38.6 Å². The summed E-state index contributed by atoms with van der Waals surface area (Å²) in [5, 5.41) is 0. The lowest BCUT2D eigenvalue weighted by molar-refractivity contribution is 0.673. The van der Waals surface area contributed by atoms with E-state index < -0.39 is 0 Å². The smallest absolute Gasteiger partial charge is 0.00772 e. The van der Waals surface area contributed by atoms with E-state index >= 15 is 0 Å². The number of nitrogens with two attached hydrogens (primary N) is 1. The Bertz CT molecular complexity index is 108. The topological polar surface area (TPSA) is 26.0 Å². The third-order valence-electron chi connectivity index (χ3n) is 2.22. The molecule has 13 heavy (non-hydrogen) atoms. The fourth-order valence-corrected chi connectivity index (χ4v) is 1.33. The number of hydrogen-bond acceptors (Lipinski definition) is 1. The van der Waals surface area contributed by atoms with Crippen molar-refractivity contribution in [3.05, 3.63) is 12.2 Å². The van der Waals surface area contributed by atoms with Crippen molar-refractivity contribution >= 4 is 0 Å². The molecule has 0 radical (unpaired) electrons. The van der Waals surface area contributed by atoms with Crippen LogP contribution in [0, 0.1) is 0 Å². The average molecular weight is 183 g/mol. The van der Waals surface area contributed by atoms with Crippen molar-refractivity contribution in [2.75, 3.05) is 6.54 Å². The molecule has 0 aromatic heterocycles. The van der Waals surface area contributed by atoms with Crippen molar-refractivity contribution in [2.45, 2.75) is 58.3 Å². The second kappa shape index (κ2) is 11.7. The lowest BCUT2D eigenvalue weighted by Crippen LogP contribution is -1.96. The van der Waals surface area contributed by atoms with Gasteiger partial charge in [0.05, 0.1) is 0 Å². The Morgan fingerprint density at radius 1 is 0.846 bits per heavy atom. The van der Waals surface area contributed by atoms with Gasteiger partial charge in [-0.25, -0.2) is 0 Å². The molecule has 1 heteroatoms. The van der Waals surface area contributed by atoms with E-state index in [0.717, 1.165) is 6.54 Å². The first-order chi connectivity index (χ1) is 6.41. The maximum absolute atomic E-state index is 5.40. The number of allylic oxidation sites excluding steroid dienone is 2. The molecule has 0 amide bonds. The van der Waals surface area contributed by atoms with Gasteiger partial charge in [0.15, 0.2) is 0 Å². The van der Waals surface area contributed by atoms with Crippen LogP contribution < -0.4 is 5.73 Å². The minimum Gasteiger partial charge on any atom is -0.330 e. The third-order valence-corrected chi connectivity index (χ3v) is 2.22. The van der Waals surface area contributed by atoms with Crippen LogP contribution in [0.25, 0.3) is 0 Å². The molecule has 0 fully saturated rings. The minimum atomic E-state index is 0.838. The van der Waals surface area contributed by atoms with Gasteiger partial charge in [-0.15, -0.1) is 0 Å². The highest BCUT2D eigenvalue weighted by Crippen LogP contribution is 2.04. The fraction of sp³-hybridized carbons (Fsp3) is 0.833. The summed E-state index contributed by atoms with van der Waals surface area (Å²) in [6.07, 6.45) is 15.0. The third kappa shape index (κ3) is 11.7. The van der Waals surface area contributed by atoms with Gasteiger partial charge in [-0.3, -0.25) is 0 Å². The SMILES string of the molecule is CCCCCC/C=C/CCCCN. The van der Waals surface area contributed by atoms with E-state index in [9.17, 15) is 0 Å². The van der Waals surface area contributed by atoms with Crippen molar-refractivity contribution in [3.8, 4) is 0 Å². The normalized spacial score (nSPS) is 11.2. The summed E-state index contributed by atoms with van der Waals surface area (Å²) in [5.74, 6) is 0.